The Morgan fingerprint density at radius 3 is 1.71 bits per heavy atom. The Hall–Kier alpha value is -6.70. The molecule has 0 unspecified atom stereocenters. The summed E-state index contributed by atoms with van der Waals surface area (Å²) in [5.74, 6) is -4.41. The third kappa shape index (κ3) is 6.46. The van der Waals surface area contributed by atoms with Gasteiger partial charge in [-0.1, -0.05) is 0 Å². The summed E-state index contributed by atoms with van der Waals surface area (Å²) in [5, 5.41) is 91.9. The summed E-state index contributed by atoms with van der Waals surface area (Å²) in [6, 6.07) is 11.9. The second kappa shape index (κ2) is 14.5. The van der Waals surface area contributed by atoms with Crippen LogP contribution in [0.2, 0.25) is 0 Å². The molecule has 18 heteroatoms. The molecule has 9 N–H and O–H groups in total. The van der Waals surface area contributed by atoms with E-state index in [1.165, 1.54) is 50.6 Å². The third-order valence-corrected chi connectivity index (χ3v) is 9.00. The predicted octanol–water partition coefficient (Wildman–Crippen LogP) is 2.75. The molecule has 0 saturated carbocycles. The number of benzene rings is 4. The minimum absolute atomic E-state index is 0.0112. The SMILES string of the molecule is COc1cc(-c2oc3cc(O)cc(O)c3c(=O)c2Oc2ccc(-c3oc4cc(O)cc(O)c4c(=O)c3O[C@@H]3O[C@H](CO)[C@@H](O)[C@H](O)[C@H]3O)cc2OC)ccc1O. The van der Waals surface area contributed by atoms with Crippen LogP contribution in [-0.2, 0) is 4.74 Å². The van der Waals surface area contributed by atoms with Gasteiger partial charge >= 0.3 is 0 Å². The highest BCUT2D eigenvalue weighted by molar-refractivity contribution is 5.90. The van der Waals surface area contributed by atoms with Gasteiger partial charge in [0.05, 0.1) is 20.8 Å². The van der Waals surface area contributed by atoms with Crippen molar-refractivity contribution in [1.82, 2.24) is 0 Å². The molecule has 7 rings (SSSR count). The lowest BCUT2D eigenvalue weighted by molar-refractivity contribution is -0.277. The van der Waals surface area contributed by atoms with Crippen LogP contribution in [0.4, 0.5) is 0 Å². The maximum Gasteiger partial charge on any atom is 0.239 e. The zero-order valence-corrected chi connectivity index (χ0v) is 29.1. The number of methoxy groups -OCH3 is 2. The molecule has 6 aromatic rings. The molecule has 2 aromatic heterocycles. The summed E-state index contributed by atoms with van der Waals surface area (Å²) in [4.78, 5) is 27.9. The number of phenolic OH excluding ortho intramolecular Hbond substituents is 5. The van der Waals surface area contributed by atoms with Crippen molar-refractivity contribution in [2.75, 3.05) is 20.8 Å². The van der Waals surface area contributed by atoms with Crippen LogP contribution in [0.1, 0.15) is 0 Å². The number of aliphatic hydroxyl groups is 4. The summed E-state index contributed by atoms with van der Waals surface area (Å²) in [5.41, 5.74) is -2.24. The molecule has 0 amide bonds. The van der Waals surface area contributed by atoms with Gasteiger partial charge in [0.1, 0.15) is 69.4 Å². The van der Waals surface area contributed by atoms with Crippen LogP contribution >= 0.6 is 0 Å². The van der Waals surface area contributed by atoms with E-state index < -0.39 is 88.1 Å². The number of rotatable bonds is 9. The van der Waals surface area contributed by atoms with E-state index in [1.807, 2.05) is 0 Å². The maximum absolute atomic E-state index is 14.0. The van der Waals surface area contributed by atoms with E-state index in [0.29, 0.717) is 0 Å². The topological polar surface area (TPSA) is 289 Å². The molecule has 5 atom stereocenters. The molecule has 0 aliphatic carbocycles. The number of aromatic hydroxyl groups is 5. The lowest BCUT2D eigenvalue weighted by Gasteiger charge is -2.39. The van der Waals surface area contributed by atoms with E-state index in [0.717, 1.165) is 24.3 Å². The highest BCUT2D eigenvalue weighted by atomic mass is 16.7. The molecule has 1 aliphatic rings. The third-order valence-electron chi connectivity index (χ3n) is 9.00. The Kier molecular flexibility index (Phi) is 9.74. The van der Waals surface area contributed by atoms with Crippen LogP contribution < -0.4 is 29.8 Å². The zero-order valence-electron chi connectivity index (χ0n) is 29.1. The molecule has 0 bridgehead atoms. The summed E-state index contributed by atoms with van der Waals surface area (Å²) in [6.07, 6.45) is -8.85. The van der Waals surface area contributed by atoms with E-state index in [9.17, 15) is 55.5 Å². The first-order valence-corrected chi connectivity index (χ1v) is 16.5. The Morgan fingerprint density at radius 1 is 0.607 bits per heavy atom. The molecule has 1 fully saturated rings. The fourth-order valence-electron chi connectivity index (χ4n) is 6.22. The number of aliphatic hydroxyl groups excluding tert-OH is 4. The van der Waals surface area contributed by atoms with E-state index >= 15 is 0 Å². The molecule has 0 spiro atoms. The zero-order chi connectivity index (χ0) is 40.2. The molecular weight excluding hydrogens is 744 g/mol. The van der Waals surface area contributed by atoms with Crippen LogP contribution in [0.25, 0.3) is 44.6 Å². The Morgan fingerprint density at radius 2 is 1.14 bits per heavy atom. The van der Waals surface area contributed by atoms with Crippen molar-refractivity contribution in [3.63, 3.8) is 0 Å². The first-order chi connectivity index (χ1) is 26.7. The summed E-state index contributed by atoms with van der Waals surface area (Å²) >= 11 is 0. The molecule has 56 heavy (non-hydrogen) atoms. The fourth-order valence-corrected chi connectivity index (χ4v) is 6.22. The smallest absolute Gasteiger partial charge is 0.239 e. The van der Waals surface area contributed by atoms with Crippen molar-refractivity contribution in [3.05, 3.63) is 81.1 Å². The van der Waals surface area contributed by atoms with E-state index in [1.54, 1.807) is 0 Å². The first kappa shape index (κ1) is 37.6. The number of hydrogen-bond donors (Lipinski definition) is 9. The van der Waals surface area contributed by atoms with Gasteiger partial charge in [-0.25, -0.2) is 0 Å². The monoisotopic (exact) mass is 776 g/mol. The van der Waals surface area contributed by atoms with Crippen LogP contribution in [-0.4, -0.2) is 97.5 Å². The Labute approximate surface area is 313 Å². The average Bonchev–Trinajstić information content (AvgIpc) is 3.16. The quantitative estimate of drug-likeness (QED) is 0.102. The molecule has 1 aliphatic heterocycles. The van der Waals surface area contributed by atoms with Crippen molar-refractivity contribution in [1.29, 1.82) is 0 Å². The molecule has 1 saturated heterocycles. The molecule has 4 aromatic carbocycles. The Balaban J connectivity index is 1.38. The van der Waals surface area contributed by atoms with Gasteiger partial charge in [0.15, 0.2) is 34.5 Å². The molecule has 18 nitrogen and oxygen atoms in total. The van der Waals surface area contributed by atoms with Gasteiger partial charge in [0.25, 0.3) is 0 Å². The van der Waals surface area contributed by atoms with E-state index in [2.05, 4.69) is 0 Å². The van der Waals surface area contributed by atoms with E-state index in [-0.39, 0.29) is 62.2 Å². The van der Waals surface area contributed by atoms with Gasteiger partial charge < -0.3 is 78.5 Å². The minimum Gasteiger partial charge on any atom is -0.508 e. The normalized spacial score (nSPS) is 19.6. The van der Waals surface area contributed by atoms with Gasteiger partial charge in [-0.05, 0) is 36.4 Å². The largest absolute Gasteiger partial charge is 0.508 e. The van der Waals surface area contributed by atoms with Crippen molar-refractivity contribution >= 4 is 21.9 Å². The van der Waals surface area contributed by atoms with Gasteiger partial charge in [-0.3, -0.25) is 9.59 Å². The second-order valence-corrected chi connectivity index (χ2v) is 12.5. The number of hydrogen-bond acceptors (Lipinski definition) is 18. The molecule has 3 heterocycles. The minimum atomic E-state index is -1.95. The van der Waals surface area contributed by atoms with E-state index in [4.69, 9.17) is 32.5 Å². The standard InChI is InChI=1S/C38H32O18/c1-50-22-7-14(3-5-18(22)42)34-36(30(46)27-19(43)9-16(40)11-24(27)53-34)52-21-6-4-15(8-23(21)51-2)35-37(31(47)28-20(44)10-17(41)12-25(28)54-35)56-38-33(49)32(48)29(45)26(13-39)55-38/h3-12,26,29,32-33,38-45,48-49H,13H2,1-2H3/t26-,29-,32+,33-,38+/m1/s1. The predicted molar refractivity (Wildman–Crippen MR) is 192 cm³/mol. The number of phenols is 5. The van der Waals surface area contributed by atoms with Crippen molar-refractivity contribution in [2.24, 2.45) is 0 Å². The van der Waals surface area contributed by atoms with Gasteiger partial charge in [0, 0.05) is 35.4 Å². The van der Waals surface area contributed by atoms with Crippen molar-refractivity contribution in [2.45, 2.75) is 30.7 Å². The average molecular weight is 777 g/mol. The molecule has 0 radical (unpaired) electrons. The van der Waals surface area contributed by atoms with Gasteiger partial charge in [0.2, 0.25) is 28.6 Å². The van der Waals surface area contributed by atoms with Crippen LogP contribution in [0, 0.1) is 0 Å². The van der Waals surface area contributed by atoms with Crippen molar-refractivity contribution < 1.29 is 78.5 Å². The highest BCUT2D eigenvalue weighted by Crippen LogP contribution is 2.44. The van der Waals surface area contributed by atoms with Crippen LogP contribution in [0.5, 0.6) is 57.5 Å². The summed E-state index contributed by atoms with van der Waals surface area (Å²) < 4.78 is 40.1. The lowest BCUT2D eigenvalue weighted by Crippen LogP contribution is -2.60. The maximum atomic E-state index is 14.0. The first-order valence-electron chi connectivity index (χ1n) is 16.5. The van der Waals surface area contributed by atoms with Crippen LogP contribution in [0.15, 0.2) is 79.1 Å². The molecule has 292 valence electrons. The Bertz CT molecular complexity index is 2610. The molecular formula is C38H32O18. The van der Waals surface area contributed by atoms with Gasteiger partial charge in [-0.15, -0.1) is 0 Å². The lowest BCUT2D eigenvalue weighted by atomic mass is 9.99. The second-order valence-electron chi connectivity index (χ2n) is 12.5. The highest BCUT2D eigenvalue weighted by Gasteiger charge is 2.45. The summed E-state index contributed by atoms with van der Waals surface area (Å²) in [6.45, 7) is -0.803. The summed E-state index contributed by atoms with van der Waals surface area (Å²) in [7, 11) is 2.55. The van der Waals surface area contributed by atoms with Crippen LogP contribution in [0.3, 0.4) is 0 Å². The van der Waals surface area contributed by atoms with Crippen molar-refractivity contribution in [3.8, 4) is 80.1 Å². The number of ether oxygens (including phenoxy) is 5. The number of fused-ring (bicyclic) bond motifs is 2. The van der Waals surface area contributed by atoms with Gasteiger partial charge in [-0.2, -0.15) is 0 Å². The fraction of sp³-hybridized carbons (Fsp3) is 0.211.